The molecule has 2 N–H and O–H groups in total. The minimum atomic E-state index is -0.180. The highest BCUT2D eigenvalue weighted by Crippen LogP contribution is 2.36. The Labute approximate surface area is 153 Å². The van der Waals surface area contributed by atoms with Crippen molar-refractivity contribution in [3.63, 3.8) is 0 Å². The molecule has 1 unspecified atom stereocenters. The number of nitrogens with zero attached hydrogens (tertiary/aromatic N) is 2. The number of rotatable bonds is 4. The van der Waals surface area contributed by atoms with E-state index in [1.165, 1.54) is 0 Å². The van der Waals surface area contributed by atoms with Gasteiger partial charge in [0, 0.05) is 34.4 Å². The lowest BCUT2D eigenvalue weighted by Crippen LogP contribution is -2.15. The number of nitrogens with two attached hydrogens (primary N) is 1. The first-order valence-corrected chi connectivity index (χ1v) is 8.82. The normalized spacial score (nSPS) is 12.4. The van der Waals surface area contributed by atoms with Crippen LogP contribution in [0.2, 0.25) is 0 Å². The number of hydrogen-bond acceptors (Lipinski definition) is 4. The van der Waals surface area contributed by atoms with Crippen LogP contribution in [-0.4, -0.2) is 10.1 Å². The van der Waals surface area contributed by atoms with E-state index in [4.69, 9.17) is 10.3 Å². The van der Waals surface area contributed by atoms with Crippen LogP contribution < -0.4 is 5.73 Å². The SMILES string of the molecule is NC(Cc1ccccn1)c1ccccc1-c1noc2cccc(Br)c12. The number of hydrogen-bond donors (Lipinski definition) is 1. The molecule has 0 aliphatic rings. The summed E-state index contributed by atoms with van der Waals surface area (Å²) in [5.74, 6) is 0. The van der Waals surface area contributed by atoms with Gasteiger partial charge < -0.3 is 10.3 Å². The van der Waals surface area contributed by atoms with E-state index in [1.807, 2.05) is 60.7 Å². The number of aromatic nitrogens is 2. The fraction of sp³-hybridized carbons (Fsp3) is 0.100. The molecule has 0 saturated heterocycles. The summed E-state index contributed by atoms with van der Waals surface area (Å²) in [6.45, 7) is 0. The highest BCUT2D eigenvalue weighted by Gasteiger charge is 2.19. The third-order valence-electron chi connectivity index (χ3n) is 4.22. The molecule has 0 fully saturated rings. The Hall–Kier alpha value is -2.50. The molecule has 25 heavy (non-hydrogen) atoms. The number of benzene rings is 2. The van der Waals surface area contributed by atoms with Gasteiger partial charge in [0.2, 0.25) is 0 Å². The van der Waals surface area contributed by atoms with E-state index >= 15 is 0 Å². The Balaban J connectivity index is 1.79. The lowest BCUT2D eigenvalue weighted by Gasteiger charge is -2.15. The quantitative estimate of drug-likeness (QED) is 0.535. The first kappa shape index (κ1) is 16.0. The zero-order chi connectivity index (χ0) is 17.2. The van der Waals surface area contributed by atoms with Crippen molar-refractivity contribution in [2.45, 2.75) is 12.5 Å². The minimum Gasteiger partial charge on any atom is -0.356 e. The lowest BCUT2D eigenvalue weighted by molar-refractivity contribution is 0.459. The summed E-state index contributed by atoms with van der Waals surface area (Å²) in [4.78, 5) is 4.38. The van der Waals surface area contributed by atoms with Gasteiger partial charge in [-0.15, -0.1) is 0 Å². The second-order valence-corrected chi connectivity index (χ2v) is 6.72. The van der Waals surface area contributed by atoms with Crippen molar-refractivity contribution in [1.29, 1.82) is 0 Å². The summed E-state index contributed by atoms with van der Waals surface area (Å²) < 4.78 is 6.46. The Morgan fingerprint density at radius 2 is 1.84 bits per heavy atom. The van der Waals surface area contributed by atoms with E-state index in [0.29, 0.717) is 6.42 Å². The molecule has 2 aromatic heterocycles. The molecule has 0 radical (unpaired) electrons. The smallest absolute Gasteiger partial charge is 0.168 e. The van der Waals surface area contributed by atoms with Crippen molar-refractivity contribution in [2.24, 2.45) is 5.73 Å². The molecule has 0 aliphatic carbocycles. The fourth-order valence-electron chi connectivity index (χ4n) is 3.02. The molecule has 0 saturated carbocycles. The minimum absolute atomic E-state index is 0.180. The van der Waals surface area contributed by atoms with Crippen molar-refractivity contribution in [2.75, 3.05) is 0 Å². The van der Waals surface area contributed by atoms with E-state index in [9.17, 15) is 0 Å². The molecule has 4 nitrogen and oxygen atoms in total. The summed E-state index contributed by atoms with van der Waals surface area (Å²) in [7, 11) is 0. The first-order chi connectivity index (χ1) is 12.2. The fourth-order valence-corrected chi connectivity index (χ4v) is 3.56. The summed E-state index contributed by atoms with van der Waals surface area (Å²) >= 11 is 3.60. The van der Waals surface area contributed by atoms with Crippen molar-refractivity contribution in [3.05, 3.63) is 82.6 Å². The maximum Gasteiger partial charge on any atom is 0.168 e. The molecular weight excluding hydrogens is 378 g/mol. The van der Waals surface area contributed by atoms with E-state index in [0.717, 1.165) is 38.0 Å². The van der Waals surface area contributed by atoms with Gasteiger partial charge in [-0.05, 0) is 45.8 Å². The Bertz CT molecular complexity index is 1010. The molecule has 0 amide bonds. The van der Waals surface area contributed by atoms with E-state index in [-0.39, 0.29) is 6.04 Å². The summed E-state index contributed by atoms with van der Waals surface area (Å²) in [6.07, 6.45) is 2.45. The van der Waals surface area contributed by atoms with Gasteiger partial charge in [-0.3, -0.25) is 4.98 Å². The van der Waals surface area contributed by atoms with Crippen LogP contribution in [0.15, 0.2) is 75.9 Å². The van der Waals surface area contributed by atoms with Gasteiger partial charge in [-0.1, -0.05) is 41.6 Å². The summed E-state index contributed by atoms with van der Waals surface area (Å²) in [5, 5.41) is 5.26. The van der Waals surface area contributed by atoms with Gasteiger partial charge in [-0.2, -0.15) is 0 Å². The highest BCUT2D eigenvalue weighted by molar-refractivity contribution is 9.10. The van der Waals surface area contributed by atoms with E-state index in [1.54, 1.807) is 6.20 Å². The summed E-state index contributed by atoms with van der Waals surface area (Å²) in [6, 6.07) is 19.6. The van der Waals surface area contributed by atoms with Crippen LogP contribution in [0.5, 0.6) is 0 Å². The van der Waals surface area contributed by atoms with Gasteiger partial charge in [-0.25, -0.2) is 0 Å². The van der Waals surface area contributed by atoms with Crippen molar-refractivity contribution in [3.8, 4) is 11.3 Å². The molecule has 2 aromatic carbocycles. The third kappa shape index (κ3) is 3.08. The molecule has 4 rings (SSSR count). The number of pyridine rings is 1. The predicted octanol–water partition coefficient (Wildman–Crippen LogP) is 4.89. The van der Waals surface area contributed by atoms with Crippen LogP contribution in [0.1, 0.15) is 17.3 Å². The van der Waals surface area contributed by atoms with Crippen molar-refractivity contribution in [1.82, 2.24) is 10.1 Å². The van der Waals surface area contributed by atoms with Gasteiger partial charge in [0.25, 0.3) is 0 Å². The standard InChI is InChI=1S/C20H16BrN3O/c21-16-9-5-10-18-19(16)20(24-25-18)15-8-2-1-7-14(15)17(22)12-13-6-3-4-11-23-13/h1-11,17H,12,22H2. The Morgan fingerprint density at radius 3 is 2.68 bits per heavy atom. The Morgan fingerprint density at radius 1 is 1.00 bits per heavy atom. The molecule has 5 heteroatoms. The van der Waals surface area contributed by atoms with Crippen LogP contribution in [-0.2, 0) is 6.42 Å². The molecule has 1 atom stereocenters. The van der Waals surface area contributed by atoms with Gasteiger partial charge in [0.05, 0.1) is 5.39 Å². The monoisotopic (exact) mass is 393 g/mol. The highest BCUT2D eigenvalue weighted by atomic mass is 79.9. The number of halogens is 1. The van der Waals surface area contributed by atoms with Crippen LogP contribution in [0, 0.1) is 0 Å². The van der Waals surface area contributed by atoms with Crippen LogP contribution >= 0.6 is 15.9 Å². The van der Waals surface area contributed by atoms with Crippen LogP contribution in [0.25, 0.3) is 22.2 Å². The van der Waals surface area contributed by atoms with Crippen LogP contribution in [0.4, 0.5) is 0 Å². The Kier molecular flexibility index (Phi) is 4.34. The molecule has 0 bridgehead atoms. The molecule has 124 valence electrons. The zero-order valence-corrected chi connectivity index (χ0v) is 15.0. The average molecular weight is 394 g/mol. The zero-order valence-electron chi connectivity index (χ0n) is 13.4. The average Bonchev–Trinajstić information content (AvgIpc) is 3.08. The molecule has 2 heterocycles. The van der Waals surface area contributed by atoms with Crippen molar-refractivity contribution >= 4 is 26.9 Å². The third-order valence-corrected chi connectivity index (χ3v) is 4.88. The second-order valence-electron chi connectivity index (χ2n) is 5.86. The predicted molar refractivity (Wildman–Crippen MR) is 102 cm³/mol. The molecule has 4 aromatic rings. The van der Waals surface area contributed by atoms with Crippen LogP contribution in [0.3, 0.4) is 0 Å². The first-order valence-electron chi connectivity index (χ1n) is 8.02. The maximum atomic E-state index is 6.51. The van der Waals surface area contributed by atoms with E-state index in [2.05, 4.69) is 26.1 Å². The topological polar surface area (TPSA) is 64.9 Å². The van der Waals surface area contributed by atoms with Gasteiger partial charge >= 0.3 is 0 Å². The molecule has 0 spiro atoms. The largest absolute Gasteiger partial charge is 0.356 e. The summed E-state index contributed by atoms with van der Waals surface area (Å²) in [5.41, 5.74) is 11.0. The molecular formula is C20H16BrN3O. The second kappa shape index (κ2) is 6.78. The van der Waals surface area contributed by atoms with E-state index < -0.39 is 0 Å². The number of fused-ring (bicyclic) bond motifs is 1. The van der Waals surface area contributed by atoms with Gasteiger partial charge in [0.15, 0.2) is 5.58 Å². The van der Waals surface area contributed by atoms with Gasteiger partial charge in [0.1, 0.15) is 5.69 Å². The maximum absolute atomic E-state index is 6.51. The lowest BCUT2D eigenvalue weighted by atomic mass is 9.94. The molecule has 0 aliphatic heterocycles. The van der Waals surface area contributed by atoms with Crippen molar-refractivity contribution < 1.29 is 4.52 Å².